The van der Waals surface area contributed by atoms with Crippen LogP contribution in [0, 0.1) is 19.3 Å². The number of benzene rings is 1. The van der Waals surface area contributed by atoms with E-state index in [0.717, 1.165) is 21.3 Å². The van der Waals surface area contributed by atoms with Crippen LogP contribution in [0.3, 0.4) is 0 Å². The first-order chi connectivity index (χ1) is 9.69. The highest BCUT2D eigenvalue weighted by Crippen LogP contribution is 2.23. The number of rotatable bonds is 5. The SMILES string of the molecule is C#CCNC(=O)c1ccc(SCc2csc(C)n2)cc1. The van der Waals surface area contributed by atoms with Crippen molar-refractivity contribution in [3.05, 3.63) is 45.9 Å². The molecule has 0 aliphatic heterocycles. The molecule has 0 aliphatic carbocycles. The standard InChI is InChI=1S/C15H14N2OS2/c1-3-8-16-15(18)12-4-6-14(7-5-12)20-10-13-9-19-11(2)17-13/h1,4-7,9H,8,10H2,2H3,(H,16,18). The van der Waals surface area contributed by atoms with Crippen LogP contribution in [0.2, 0.25) is 0 Å². The van der Waals surface area contributed by atoms with E-state index < -0.39 is 0 Å². The number of amides is 1. The molecule has 1 amide bonds. The molecular weight excluding hydrogens is 288 g/mol. The van der Waals surface area contributed by atoms with Gasteiger partial charge in [0.05, 0.1) is 17.2 Å². The van der Waals surface area contributed by atoms with Crippen molar-refractivity contribution < 1.29 is 4.79 Å². The van der Waals surface area contributed by atoms with E-state index in [9.17, 15) is 4.79 Å². The number of nitrogens with one attached hydrogen (secondary N) is 1. The molecule has 1 aromatic carbocycles. The van der Waals surface area contributed by atoms with E-state index in [-0.39, 0.29) is 12.5 Å². The van der Waals surface area contributed by atoms with Gasteiger partial charge in [0.1, 0.15) is 0 Å². The number of aryl methyl sites for hydroxylation is 1. The normalized spacial score (nSPS) is 10.0. The van der Waals surface area contributed by atoms with Gasteiger partial charge in [-0.1, -0.05) is 5.92 Å². The largest absolute Gasteiger partial charge is 0.341 e. The van der Waals surface area contributed by atoms with E-state index >= 15 is 0 Å². The fourth-order valence-electron chi connectivity index (χ4n) is 1.57. The zero-order valence-corrected chi connectivity index (χ0v) is 12.7. The first-order valence-electron chi connectivity index (χ1n) is 6.04. The molecule has 3 nitrogen and oxygen atoms in total. The van der Waals surface area contributed by atoms with Crippen LogP contribution >= 0.6 is 23.1 Å². The number of nitrogens with zero attached hydrogens (tertiary/aromatic N) is 1. The summed E-state index contributed by atoms with van der Waals surface area (Å²) in [5.41, 5.74) is 1.71. The van der Waals surface area contributed by atoms with Gasteiger partial charge in [0.25, 0.3) is 5.91 Å². The molecular formula is C15H14N2OS2. The smallest absolute Gasteiger partial charge is 0.252 e. The minimum absolute atomic E-state index is 0.144. The van der Waals surface area contributed by atoms with Crippen LogP contribution in [0.4, 0.5) is 0 Å². The van der Waals surface area contributed by atoms with Crippen LogP contribution in [0.5, 0.6) is 0 Å². The lowest BCUT2D eigenvalue weighted by molar-refractivity contribution is 0.0958. The summed E-state index contributed by atoms with van der Waals surface area (Å²) >= 11 is 3.37. The summed E-state index contributed by atoms with van der Waals surface area (Å²) in [6.45, 7) is 2.25. The monoisotopic (exact) mass is 302 g/mol. The minimum atomic E-state index is -0.144. The van der Waals surface area contributed by atoms with Gasteiger partial charge in [-0.15, -0.1) is 29.5 Å². The number of thiazole rings is 1. The predicted octanol–water partition coefficient (Wildman–Crippen LogP) is 3.11. The van der Waals surface area contributed by atoms with Gasteiger partial charge in [0.15, 0.2) is 0 Å². The van der Waals surface area contributed by atoms with Crippen LogP contribution < -0.4 is 5.32 Å². The molecule has 2 rings (SSSR count). The Morgan fingerprint density at radius 3 is 2.80 bits per heavy atom. The highest BCUT2D eigenvalue weighted by molar-refractivity contribution is 7.98. The van der Waals surface area contributed by atoms with Crippen molar-refractivity contribution in [2.75, 3.05) is 6.54 Å². The van der Waals surface area contributed by atoms with E-state index in [2.05, 4.69) is 21.6 Å². The van der Waals surface area contributed by atoms with Crippen LogP contribution in [0.1, 0.15) is 21.1 Å². The molecule has 0 unspecified atom stereocenters. The van der Waals surface area contributed by atoms with Crippen molar-refractivity contribution >= 4 is 29.0 Å². The first kappa shape index (κ1) is 14.6. The highest BCUT2D eigenvalue weighted by atomic mass is 32.2. The molecule has 0 bridgehead atoms. The molecule has 0 atom stereocenters. The van der Waals surface area contributed by atoms with Crippen molar-refractivity contribution in [1.82, 2.24) is 10.3 Å². The van der Waals surface area contributed by atoms with E-state index in [1.54, 1.807) is 35.2 Å². The van der Waals surface area contributed by atoms with Gasteiger partial charge < -0.3 is 5.32 Å². The number of thioether (sulfide) groups is 1. The molecule has 102 valence electrons. The lowest BCUT2D eigenvalue weighted by atomic mass is 10.2. The van der Waals surface area contributed by atoms with Gasteiger partial charge >= 0.3 is 0 Å². The van der Waals surface area contributed by atoms with Crippen molar-refractivity contribution in [2.45, 2.75) is 17.6 Å². The third kappa shape index (κ3) is 4.12. The Morgan fingerprint density at radius 2 is 2.20 bits per heavy atom. The number of aromatic nitrogens is 1. The molecule has 0 radical (unpaired) electrons. The Balaban J connectivity index is 1.91. The van der Waals surface area contributed by atoms with Crippen LogP contribution in [0.25, 0.3) is 0 Å². The summed E-state index contributed by atoms with van der Waals surface area (Å²) in [6, 6.07) is 7.49. The fraction of sp³-hybridized carbons (Fsp3) is 0.200. The molecule has 1 N–H and O–H groups in total. The van der Waals surface area contributed by atoms with Gasteiger partial charge in [0.2, 0.25) is 0 Å². The number of hydrogen-bond acceptors (Lipinski definition) is 4. The van der Waals surface area contributed by atoms with E-state index in [0.29, 0.717) is 5.56 Å². The lowest BCUT2D eigenvalue weighted by Crippen LogP contribution is -2.23. The van der Waals surface area contributed by atoms with E-state index in [1.807, 2.05) is 19.1 Å². The third-order valence-corrected chi connectivity index (χ3v) is 4.39. The maximum Gasteiger partial charge on any atom is 0.252 e. The summed E-state index contributed by atoms with van der Waals surface area (Å²) in [4.78, 5) is 17.2. The Hall–Kier alpha value is -1.77. The van der Waals surface area contributed by atoms with Gasteiger partial charge in [-0.25, -0.2) is 4.98 Å². The Labute approximate surface area is 126 Å². The average Bonchev–Trinajstić information content (AvgIpc) is 2.89. The predicted molar refractivity (Wildman–Crippen MR) is 84.0 cm³/mol. The summed E-state index contributed by atoms with van der Waals surface area (Å²) in [6.07, 6.45) is 5.10. The number of hydrogen-bond donors (Lipinski definition) is 1. The van der Waals surface area contributed by atoms with Gasteiger partial charge in [-0.2, -0.15) is 0 Å². The topological polar surface area (TPSA) is 42.0 Å². The van der Waals surface area contributed by atoms with Crippen LogP contribution in [-0.2, 0) is 5.75 Å². The summed E-state index contributed by atoms with van der Waals surface area (Å²) in [5, 5.41) is 5.80. The fourth-order valence-corrected chi connectivity index (χ4v) is 3.08. The van der Waals surface area contributed by atoms with E-state index in [4.69, 9.17) is 6.42 Å². The van der Waals surface area contributed by atoms with Crippen molar-refractivity contribution in [1.29, 1.82) is 0 Å². The quantitative estimate of drug-likeness (QED) is 0.681. The Bertz CT molecular complexity index is 626. The first-order valence-corrected chi connectivity index (χ1v) is 7.91. The van der Waals surface area contributed by atoms with Crippen molar-refractivity contribution in [3.8, 4) is 12.3 Å². The second-order valence-corrected chi connectivity index (χ2v) is 6.17. The highest BCUT2D eigenvalue weighted by Gasteiger charge is 2.05. The van der Waals surface area contributed by atoms with Gasteiger partial charge in [-0.3, -0.25) is 4.79 Å². The van der Waals surface area contributed by atoms with Crippen LogP contribution in [0.15, 0.2) is 34.5 Å². The number of terminal acetylenes is 1. The molecule has 0 saturated heterocycles. The van der Waals surface area contributed by atoms with Gasteiger partial charge in [-0.05, 0) is 31.2 Å². The lowest BCUT2D eigenvalue weighted by Gasteiger charge is -2.03. The Kier molecular flexibility index (Phi) is 5.22. The maximum atomic E-state index is 11.7. The minimum Gasteiger partial charge on any atom is -0.341 e. The number of carbonyl (C=O) groups is 1. The molecule has 20 heavy (non-hydrogen) atoms. The van der Waals surface area contributed by atoms with Crippen LogP contribution in [-0.4, -0.2) is 17.4 Å². The Morgan fingerprint density at radius 1 is 1.45 bits per heavy atom. The van der Waals surface area contributed by atoms with Crippen molar-refractivity contribution in [2.24, 2.45) is 0 Å². The molecule has 1 aromatic heterocycles. The molecule has 1 heterocycles. The summed E-state index contributed by atoms with van der Waals surface area (Å²) in [7, 11) is 0. The molecule has 0 fully saturated rings. The second kappa shape index (κ2) is 7.13. The second-order valence-electron chi connectivity index (χ2n) is 4.06. The molecule has 0 saturated carbocycles. The molecule has 2 aromatic rings. The molecule has 0 aliphatic rings. The molecule has 0 spiro atoms. The van der Waals surface area contributed by atoms with Gasteiger partial charge in [0, 0.05) is 21.6 Å². The zero-order chi connectivity index (χ0) is 14.4. The number of carbonyl (C=O) groups excluding carboxylic acids is 1. The summed E-state index contributed by atoms with van der Waals surface area (Å²) < 4.78 is 0. The average molecular weight is 302 g/mol. The zero-order valence-electron chi connectivity index (χ0n) is 11.1. The molecule has 5 heteroatoms. The summed E-state index contributed by atoms with van der Waals surface area (Å²) in [5.74, 6) is 3.07. The van der Waals surface area contributed by atoms with E-state index in [1.165, 1.54) is 0 Å². The third-order valence-electron chi connectivity index (χ3n) is 2.52. The van der Waals surface area contributed by atoms with Crippen molar-refractivity contribution in [3.63, 3.8) is 0 Å². The maximum absolute atomic E-state index is 11.7.